The van der Waals surface area contributed by atoms with E-state index in [0.717, 1.165) is 17.8 Å². The summed E-state index contributed by atoms with van der Waals surface area (Å²) < 4.78 is 5.04. The topological polar surface area (TPSA) is 34.0 Å². The molecule has 0 spiro atoms. The molecule has 1 aliphatic rings. The predicted octanol–water partition coefficient (Wildman–Crippen LogP) is 2.39. The zero-order valence-electron chi connectivity index (χ0n) is 8.66. The Morgan fingerprint density at radius 3 is 2.69 bits per heavy atom. The second-order valence-electron chi connectivity index (χ2n) is 3.33. The van der Waals surface area contributed by atoms with Crippen LogP contribution in [0, 0.1) is 5.92 Å². The van der Waals surface area contributed by atoms with Crippen molar-refractivity contribution >= 4 is 11.7 Å². The Bertz CT molecular complexity index is 277. The van der Waals surface area contributed by atoms with Crippen LogP contribution in [0.1, 0.15) is 27.2 Å². The van der Waals surface area contributed by atoms with Crippen LogP contribution in [0.4, 0.5) is 0 Å². The van der Waals surface area contributed by atoms with Crippen molar-refractivity contribution in [2.45, 2.75) is 27.2 Å². The zero-order valence-corrected chi connectivity index (χ0v) is 8.66. The van der Waals surface area contributed by atoms with Crippen molar-refractivity contribution in [3.05, 3.63) is 11.8 Å². The Balaban J connectivity index is 2.98. The third-order valence-electron chi connectivity index (χ3n) is 2.21. The maximum Gasteiger partial charge on any atom is 0.316 e. The van der Waals surface area contributed by atoms with Crippen LogP contribution in [0.5, 0.6) is 0 Å². The summed E-state index contributed by atoms with van der Waals surface area (Å²) in [6, 6.07) is 0.456. The fourth-order valence-corrected chi connectivity index (χ4v) is 1.09. The number of ether oxygens (including phenoxy) is 1. The van der Waals surface area contributed by atoms with Crippen LogP contribution in [0.3, 0.4) is 0 Å². The first kappa shape index (κ1) is 9.96. The van der Waals surface area contributed by atoms with Crippen molar-refractivity contribution in [1.29, 1.82) is 0 Å². The number of aliphatic imine (C=N–C) groups is 2. The monoisotopic (exact) mass is 180 g/mol. The number of rotatable bonds is 0. The Hall–Kier alpha value is -1.12. The minimum atomic E-state index is 0.456. The summed E-state index contributed by atoms with van der Waals surface area (Å²) in [6.07, 6.45) is 3.11. The van der Waals surface area contributed by atoms with E-state index in [1.165, 1.54) is 0 Å². The molecule has 0 radical (unpaired) electrons. The van der Waals surface area contributed by atoms with Crippen LogP contribution >= 0.6 is 0 Å². The van der Waals surface area contributed by atoms with Crippen LogP contribution in [0.25, 0.3) is 0 Å². The number of methoxy groups -OCH3 is 1. The van der Waals surface area contributed by atoms with Gasteiger partial charge in [-0.3, -0.25) is 0 Å². The predicted molar refractivity (Wildman–Crippen MR) is 55.1 cm³/mol. The Morgan fingerprint density at radius 1 is 1.38 bits per heavy atom. The van der Waals surface area contributed by atoms with Gasteiger partial charge in [0.05, 0.1) is 7.11 Å². The van der Waals surface area contributed by atoms with Gasteiger partial charge in [-0.25, -0.2) is 9.98 Å². The van der Waals surface area contributed by atoms with Crippen molar-refractivity contribution in [3.8, 4) is 0 Å². The molecule has 0 bridgehead atoms. The Kier molecular flexibility index (Phi) is 3.23. The van der Waals surface area contributed by atoms with Gasteiger partial charge < -0.3 is 4.74 Å². The molecule has 0 aliphatic carbocycles. The van der Waals surface area contributed by atoms with Gasteiger partial charge in [-0.2, -0.15) is 0 Å². The quantitative estimate of drug-likeness (QED) is 0.563. The standard InChI is InChI=1S/C10H16N2O/c1-7-5-6-8(2)11-10(13-4)12-9(7)3/h6-7H,5H2,1-4H3/b8-6+,11-10+,12-9-. The molecule has 3 nitrogen and oxygen atoms in total. The fraction of sp³-hybridized carbons (Fsp3) is 0.600. The van der Waals surface area contributed by atoms with Crippen LogP contribution in [0.15, 0.2) is 21.8 Å². The molecule has 0 aromatic carbocycles. The first-order valence-corrected chi connectivity index (χ1v) is 4.48. The summed E-state index contributed by atoms with van der Waals surface area (Å²) in [5.74, 6) is 0.468. The molecule has 1 unspecified atom stereocenters. The highest BCUT2D eigenvalue weighted by atomic mass is 16.5. The van der Waals surface area contributed by atoms with Crippen LogP contribution < -0.4 is 0 Å². The molecule has 0 fully saturated rings. The lowest BCUT2D eigenvalue weighted by Crippen LogP contribution is -2.12. The van der Waals surface area contributed by atoms with Crippen molar-refractivity contribution in [2.24, 2.45) is 15.9 Å². The average Bonchev–Trinajstić information content (AvgIpc) is 2.11. The summed E-state index contributed by atoms with van der Waals surface area (Å²) in [6.45, 7) is 6.12. The molecule has 0 N–H and O–H groups in total. The first-order valence-electron chi connectivity index (χ1n) is 4.48. The maximum absolute atomic E-state index is 5.04. The minimum absolute atomic E-state index is 0.456. The molecule has 0 saturated heterocycles. The molecule has 0 aromatic rings. The average molecular weight is 180 g/mol. The largest absolute Gasteiger partial charge is 0.467 e. The SMILES string of the molecule is COC1=N/C(C)=C/CC(C)/C(C)=N\1. The normalized spacial score (nSPS) is 35.7. The van der Waals surface area contributed by atoms with Gasteiger partial charge in [0.15, 0.2) is 0 Å². The van der Waals surface area contributed by atoms with E-state index in [2.05, 4.69) is 23.0 Å². The van der Waals surface area contributed by atoms with E-state index in [1.807, 2.05) is 13.8 Å². The zero-order chi connectivity index (χ0) is 9.84. The van der Waals surface area contributed by atoms with E-state index >= 15 is 0 Å². The lowest BCUT2D eigenvalue weighted by molar-refractivity contribution is 0.396. The van der Waals surface area contributed by atoms with Gasteiger partial charge in [0.2, 0.25) is 0 Å². The lowest BCUT2D eigenvalue weighted by atomic mass is 10.0. The second kappa shape index (κ2) is 4.21. The Morgan fingerprint density at radius 2 is 2.08 bits per heavy atom. The molecular weight excluding hydrogens is 164 g/mol. The number of amidine groups is 1. The molecule has 1 atom stereocenters. The third kappa shape index (κ3) is 2.68. The first-order chi connectivity index (χ1) is 6.13. The smallest absolute Gasteiger partial charge is 0.316 e. The molecule has 1 rings (SSSR count). The summed E-state index contributed by atoms with van der Waals surface area (Å²) in [5.41, 5.74) is 2.05. The van der Waals surface area contributed by atoms with Gasteiger partial charge in [-0.15, -0.1) is 0 Å². The summed E-state index contributed by atoms with van der Waals surface area (Å²) in [4.78, 5) is 8.50. The molecule has 0 aromatic heterocycles. The molecule has 3 heteroatoms. The van der Waals surface area contributed by atoms with Gasteiger partial charge in [-0.1, -0.05) is 13.0 Å². The fourth-order valence-electron chi connectivity index (χ4n) is 1.09. The summed E-state index contributed by atoms with van der Waals surface area (Å²) >= 11 is 0. The second-order valence-corrected chi connectivity index (χ2v) is 3.33. The van der Waals surface area contributed by atoms with Gasteiger partial charge in [0.25, 0.3) is 0 Å². The van der Waals surface area contributed by atoms with Crippen molar-refractivity contribution in [3.63, 3.8) is 0 Å². The summed E-state index contributed by atoms with van der Waals surface area (Å²) in [7, 11) is 1.59. The number of nitrogens with zero attached hydrogens (tertiary/aromatic N) is 2. The minimum Gasteiger partial charge on any atom is -0.467 e. The number of hydrogen-bond acceptors (Lipinski definition) is 3. The highest BCUT2D eigenvalue weighted by molar-refractivity contribution is 5.95. The van der Waals surface area contributed by atoms with E-state index in [9.17, 15) is 0 Å². The molecule has 13 heavy (non-hydrogen) atoms. The van der Waals surface area contributed by atoms with Crippen LogP contribution in [-0.2, 0) is 4.74 Å². The third-order valence-corrected chi connectivity index (χ3v) is 2.21. The number of hydrogen-bond donors (Lipinski definition) is 0. The molecular formula is C10H16N2O. The van der Waals surface area contributed by atoms with Crippen molar-refractivity contribution in [1.82, 2.24) is 0 Å². The van der Waals surface area contributed by atoms with E-state index in [-0.39, 0.29) is 0 Å². The molecule has 0 amide bonds. The number of allylic oxidation sites excluding steroid dienone is 2. The van der Waals surface area contributed by atoms with E-state index in [1.54, 1.807) is 7.11 Å². The van der Waals surface area contributed by atoms with Gasteiger partial charge >= 0.3 is 6.02 Å². The Labute approximate surface area is 79.2 Å². The van der Waals surface area contributed by atoms with Gasteiger partial charge in [0.1, 0.15) is 0 Å². The maximum atomic E-state index is 5.04. The highest BCUT2D eigenvalue weighted by Gasteiger charge is 2.09. The summed E-state index contributed by atoms with van der Waals surface area (Å²) in [5, 5.41) is 0. The lowest BCUT2D eigenvalue weighted by Gasteiger charge is -2.11. The van der Waals surface area contributed by atoms with Gasteiger partial charge in [0, 0.05) is 11.4 Å². The van der Waals surface area contributed by atoms with E-state index in [4.69, 9.17) is 4.74 Å². The highest BCUT2D eigenvalue weighted by Crippen LogP contribution is 2.12. The van der Waals surface area contributed by atoms with E-state index < -0.39 is 0 Å². The van der Waals surface area contributed by atoms with Crippen molar-refractivity contribution < 1.29 is 4.74 Å². The van der Waals surface area contributed by atoms with Crippen LogP contribution in [-0.4, -0.2) is 18.8 Å². The molecule has 72 valence electrons. The molecule has 1 aliphatic heterocycles. The van der Waals surface area contributed by atoms with Gasteiger partial charge in [-0.05, 0) is 26.2 Å². The molecule has 0 saturated carbocycles. The molecule has 1 heterocycles. The van der Waals surface area contributed by atoms with Crippen molar-refractivity contribution in [2.75, 3.05) is 7.11 Å². The van der Waals surface area contributed by atoms with Crippen LogP contribution in [0.2, 0.25) is 0 Å². The van der Waals surface area contributed by atoms with E-state index in [0.29, 0.717) is 11.9 Å².